The highest BCUT2D eigenvalue weighted by Gasteiger charge is 2.21. The smallest absolute Gasteiger partial charge is 0.133 e. The summed E-state index contributed by atoms with van der Waals surface area (Å²) in [4.78, 5) is 11.0. The molecule has 4 aromatic rings. The minimum atomic E-state index is -0.335. The predicted octanol–water partition coefficient (Wildman–Crippen LogP) is 2.95. The highest BCUT2D eigenvalue weighted by Crippen LogP contribution is 2.32. The fourth-order valence-electron chi connectivity index (χ4n) is 3.69. The number of rotatable bonds is 4. The van der Waals surface area contributed by atoms with Crippen LogP contribution < -0.4 is 4.90 Å². The molecule has 9 heteroatoms. The Bertz CT molecular complexity index is 1230. The molecule has 0 saturated carbocycles. The molecule has 1 N–H and O–H groups in total. The van der Waals surface area contributed by atoms with Crippen molar-refractivity contribution in [2.45, 2.75) is 6.10 Å². The molecule has 0 unspecified atom stereocenters. The molecule has 4 heterocycles. The van der Waals surface area contributed by atoms with E-state index in [4.69, 9.17) is 4.74 Å². The molecule has 1 aliphatic heterocycles. The molecule has 1 aliphatic rings. The molecule has 1 saturated heterocycles. The van der Waals surface area contributed by atoms with E-state index >= 15 is 0 Å². The van der Waals surface area contributed by atoms with Crippen LogP contribution in [0.5, 0.6) is 0 Å². The molecule has 1 aromatic carbocycles. The lowest BCUT2D eigenvalue weighted by Crippen LogP contribution is -2.42. The number of hydrogen-bond donors (Lipinski definition) is 1. The van der Waals surface area contributed by atoms with Crippen molar-refractivity contribution in [2.24, 2.45) is 7.05 Å². The number of H-pyrrole nitrogens is 1. The first-order chi connectivity index (χ1) is 14.6. The molecule has 5 rings (SSSR count). The topological polar surface area (TPSA) is 84.8 Å². The Hall–Kier alpha value is -3.59. The summed E-state index contributed by atoms with van der Waals surface area (Å²) in [5.74, 6) is 0.457. The van der Waals surface area contributed by atoms with E-state index in [2.05, 4.69) is 36.7 Å². The molecular formula is C21H20FN7O. The summed E-state index contributed by atoms with van der Waals surface area (Å²) in [5.41, 5.74) is 3.09. The maximum Gasteiger partial charge on any atom is 0.133 e. The van der Waals surface area contributed by atoms with E-state index in [-0.39, 0.29) is 11.9 Å². The van der Waals surface area contributed by atoms with Gasteiger partial charge in [-0.25, -0.2) is 14.4 Å². The van der Waals surface area contributed by atoms with E-state index in [1.54, 1.807) is 36.3 Å². The van der Waals surface area contributed by atoms with Crippen LogP contribution in [0.25, 0.3) is 33.4 Å². The second kappa shape index (κ2) is 7.34. The van der Waals surface area contributed by atoms with Gasteiger partial charge in [-0.05, 0) is 6.07 Å². The van der Waals surface area contributed by atoms with Crippen molar-refractivity contribution in [3.63, 3.8) is 0 Å². The van der Waals surface area contributed by atoms with Gasteiger partial charge in [-0.15, -0.1) is 6.58 Å². The quantitative estimate of drug-likeness (QED) is 0.526. The number of benzene rings is 1. The average Bonchev–Trinajstić information content (AvgIpc) is 3.39. The van der Waals surface area contributed by atoms with Crippen molar-refractivity contribution < 1.29 is 9.13 Å². The normalized spacial score (nSPS) is 16.9. The Morgan fingerprint density at radius 3 is 3.00 bits per heavy atom. The van der Waals surface area contributed by atoms with Crippen LogP contribution in [0.3, 0.4) is 0 Å². The lowest BCUT2D eigenvalue weighted by Gasteiger charge is -2.32. The standard InChI is InChI=1S/C21H20FN7O/c1-3-14-11-29(4-5-30-14)20-8-19(23-12-24-20)21-16-6-15(13-9-25-28(2)10-13)17(22)7-18(16)26-27-21/h3,6-10,12,14H,1,4-5,11H2,2H3,(H,26,27)/t14-/m0/s1. The molecule has 8 nitrogen and oxygen atoms in total. The number of anilines is 1. The highest BCUT2D eigenvalue weighted by atomic mass is 19.1. The van der Waals surface area contributed by atoms with Gasteiger partial charge in [0.1, 0.15) is 23.7 Å². The third kappa shape index (κ3) is 3.22. The number of aromatic amines is 1. The summed E-state index contributed by atoms with van der Waals surface area (Å²) in [7, 11) is 1.80. The summed E-state index contributed by atoms with van der Waals surface area (Å²) >= 11 is 0. The maximum atomic E-state index is 14.7. The number of hydrogen-bond acceptors (Lipinski definition) is 6. The van der Waals surface area contributed by atoms with Crippen molar-refractivity contribution in [3.8, 4) is 22.5 Å². The van der Waals surface area contributed by atoms with Gasteiger partial charge in [0.15, 0.2) is 0 Å². The van der Waals surface area contributed by atoms with E-state index in [0.29, 0.717) is 41.2 Å². The summed E-state index contributed by atoms with van der Waals surface area (Å²) in [6.45, 7) is 5.83. The van der Waals surface area contributed by atoms with Crippen molar-refractivity contribution in [3.05, 3.63) is 55.4 Å². The van der Waals surface area contributed by atoms with E-state index in [1.807, 2.05) is 6.07 Å². The number of morpholine rings is 1. The minimum absolute atomic E-state index is 0.0339. The second-order valence-corrected chi connectivity index (χ2v) is 7.20. The number of aromatic nitrogens is 6. The third-order valence-corrected chi connectivity index (χ3v) is 5.24. The summed E-state index contributed by atoms with van der Waals surface area (Å²) in [5, 5.41) is 12.2. The molecular weight excluding hydrogens is 385 g/mol. The van der Waals surface area contributed by atoms with Gasteiger partial charge in [-0.2, -0.15) is 10.2 Å². The van der Waals surface area contributed by atoms with E-state index in [9.17, 15) is 4.39 Å². The molecule has 1 atom stereocenters. The molecule has 1 fully saturated rings. The van der Waals surface area contributed by atoms with Crippen LogP contribution in [0, 0.1) is 5.82 Å². The van der Waals surface area contributed by atoms with Gasteiger partial charge in [0.2, 0.25) is 0 Å². The SMILES string of the molecule is C=C[C@H]1CN(c2cc(-c3n[nH]c4cc(F)c(-c5cnn(C)c5)cc34)ncn2)CCO1. The van der Waals surface area contributed by atoms with Gasteiger partial charge in [0.05, 0.1) is 30.1 Å². The number of ether oxygens (including phenoxy) is 1. The van der Waals surface area contributed by atoms with Gasteiger partial charge in [-0.1, -0.05) is 6.08 Å². The van der Waals surface area contributed by atoms with E-state index < -0.39 is 0 Å². The van der Waals surface area contributed by atoms with Gasteiger partial charge in [-0.3, -0.25) is 9.78 Å². The van der Waals surface area contributed by atoms with E-state index in [0.717, 1.165) is 17.7 Å². The predicted molar refractivity (Wildman–Crippen MR) is 111 cm³/mol. The zero-order chi connectivity index (χ0) is 20.7. The molecule has 152 valence electrons. The number of fused-ring (bicyclic) bond motifs is 1. The molecule has 0 amide bonds. The van der Waals surface area contributed by atoms with Gasteiger partial charge in [0, 0.05) is 55.0 Å². The maximum absolute atomic E-state index is 14.7. The molecule has 0 radical (unpaired) electrons. The van der Waals surface area contributed by atoms with Crippen molar-refractivity contribution in [1.29, 1.82) is 0 Å². The fraction of sp³-hybridized carbons (Fsp3) is 0.238. The summed E-state index contributed by atoms with van der Waals surface area (Å²) in [6.07, 6.45) is 6.70. The minimum Gasteiger partial charge on any atom is -0.370 e. The Balaban J connectivity index is 1.56. The van der Waals surface area contributed by atoms with Crippen molar-refractivity contribution in [1.82, 2.24) is 29.9 Å². The van der Waals surface area contributed by atoms with Crippen molar-refractivity contribution >= 4 is 16.7 Å². The van der Waals surface area contributed by atoms with Crippen molar-refractivity contribution in [2.75, 3.05) is 24.6 Å². The lowest BCUT2D eigenvalue weighted by atomic mass is 10.0. The average molecular weight is 405 g/mol. The third-order valence-electron chi connectivity index (χ3n) is 5.24. The Morgan fingerprint density at radius 1 is 1.30 bits per heavy atom. The summed E-state index contributed by atoms with van der Waals surface area (Å²) < 4.78 is 22.0. The monoisotopic (exact) mass is 405 g/mol. The Kier molecular flexibility index (Phi) is 4.51. The zero-order valence-electron chi connectivity index (χ0n) is 16.4. The van der Waals surface area contributed by atoms with Crippen LogP contribution in [-0.4, -0.2) is 55.7 Å². The van der Waals surface area contributed by atoms with Crippen LogP contribution >= 0.6 is 0 Å². The van der Waals surface area contributed by atoms with Crippen LogP contribution in [0.4, 0.5) is 10.2 Å². The van der Waals surface area contributed by atoms with Crippen LogP contribution in [0.2, 0.25) is 0 Å². The molecule has 30 heavy (non-hydrogen) atoms. The number of halogens is 1. The van der Waals surface area contributed by atoms with Gasteiger partial charge in [0.25, 0.3) is 0 Å². The number of nitrogens with zero attached hydrogens (tertiary/aromatic N) is 6. The summed E-state index contributed by atoms with van der Waals surface area (Å²) in [6, 6.07) is 5.13. The van der Waals surface area contributed by atoms with Crippen LogP contribution in [0.15, 0.2) is 49.6 Å². The fourth-order valence-corrected chi connectivity index (χ4v) is 3.69. The largest absolute Gasteiger partial charge is 0.370 e. The molecule has 0 aliphatic carbocycles. The Morgan fingerprint density at radius 2 is 2.20 bits per heavy atom. The number of aryl methyl sites for hydroxylation is 1. The van der Waals surface area contributed by atoms with E-state index in [1.165, 1.54) is 12.4 Å². The first kappa shape index (κ1) is 18.4. The first-order valence-corrected chi connectivity index (χ1v) is 9.60. The van der Waals surface area contributed by atoms with Crippen LogP contribution in [-0.2, 0) is 11.8 Å². The number of nitrogens with one attached hydrogen (secondary N) is 1. The van der Waals surface area contributed by atoms with Gasteiger partial charge >= 0.3 is 0 Å². The molecule has 0 spiro atoms. The lowest BCUT2D eigenvalue weighted by molar-refractivity contribution is 0.0716. The van der Waals surface area contributed by atoms with Crippen LogP contribution in [0.1, 0.15) is 0 Å². The van der Waals surface area contributed by atoms with Gasteiger partial charge < -0.3 is 9.64 Å². The highest BCUT2D eigenvalue weighted by molar-refractivity contribution is 5.95. The zero-order valence-corrected chi connectivity index (χ0v) is 16.4. The Labute approximate surface area is 172 Å². The molecule has 0 bridgehead atoms. The molecule has 3 aromatic heterocycles. The first-order valence-electron chi connectivity index (χ1n) is 9.60. The second-order valence-electron chi connectivity index (χ2n) is 7.20.